The Morgan fingerprint density at radius 1 is 1.50 bits per heavy atom. The van der Waals surface area contributed by atoms with E-state index in [1.54, 1.807) is 11.0 Å². The van der Waals surface area contributed by atoms with E-state index < -0.39 is 0 Å². The van der Waals surface area contributed by atoms with Crippen molar-refractivity contribution in [3.63, 3.8) is 0 Å². The van der Waals surface area contributed by atoms with Gasteiger partial charge in [0.05, 0.1) is 19.2 Å². The molecule has 20 heavy (non-hydrogen) atoms. The standard InChI is InChI=1S/C12H17N5O2S/c1-17-8-14-10(16-17)5-6-13-12-15-9(7-20-12)3-4-11(18)19-2/h7-8H,3-6H2,1-2H3,(H,13,15). The van der Waals surface area contributed by atoms with Gasteiger partial charge >= 0.3 is 5.97 Å². The molecule has 2 rings (SSSR count). The highest BCUT2D eigenvalue weighted by Gasteiger charge is 2.06. The second-order valence-electron chi connectivity index (χ2n) is 4.23. The predicted octanol–water partition coefficient (Wildman–Crippen LogP) is 1.03. The van der Waals surface area contributed by atoms with Crippen molar-refractivity contribution in [1.82, 2.24) is 19.7 Å². The fraction of sp³-hybridized carbons (Fsp3) is 0.500. The summed E-state index contributed by atoms with van der Waals surface area (Å²) in [5.41, 5.74) is 0.902. The monoisotopic (exact) mass is 295 g/mol. The van der Waals surface area contributed by atoms with Crippen LogP contribution in [0.25, 0.3) is 0 Å². The number of rotatable bonds is 7. The van der Waals surface area contributed by atoms with E-state index in [9.17, 15) is 4.79 Å². The van der Waals surface area contributed by atoms with Crippen molar-refractivity contribution in [2.75, 3.05) is 19.0 Å². The Balaban J connectivity index is 1.73. The van der Waals surface area contributed by atoms with Crippen LogP contribution in [-0.2, 0) is 29.4 Å². The highest BCUT2D eigenvalue weighted by Crippen LogP contribution is 2.16. The molecule has 1 N–H and O–H groups in total. The molecule has 0 saturated carbocycles. The maximum atomic E-state index is 11.0. The molecule has 0 aliphatic rings. The summed E-state index contributed by atoms with van der Waals surface area (Å²) in [6, 6.07) is 0. The van der Waals surface area contributed by atoms with Crippen molar-refractivity contribution < 1.29 is 9.53 Å². The summed E-state index contributed by atoms with van der Waals surface area (Å²) in [4.78, 5) is 19.6. The minimum absolute atomic E-state index is 0.214. The number of methoxy groups -OCH3 is 1. The topological polar surface area (TPSA) is 81.9 Å². The molecule has 0 atom stereocenters. The van der Waals surface area contributed by atoms with Gasteiger partial charge in [0.2, 0.25) is 0 Å². The molecule has 0 unspecified atom stereocenters. The number of thiazole rings is 1. The minimum Gasteiger partial charge on any atom is -0.469 e. The van der Waals surface area contributed by atoms with Gasteiger partial charge in [-0.3, -0.25) is 9.48 Å². The van der Waals surface area contributed by atoms with Crippen molar-refractivity contribution in [2.45, 2.75) is 19.3 Å². The minimum atomic E-state index is -0.214. The highest BCUT2D eigenvalue weighted by atomic mass is 32.1. The summed E-state index contributed by atoms with van der Waals surface area (Å²) < 4.78 is 6.28. The smallest absolute Gasteiger partial charge is 0.305 e. The van der Waals surface area contributed by atoms with Crippen molar-refractivity contribution in [3.8, 4) is 0 Å². The molecule has 7 nitrogen and oxygen atoms in total. The van der Waals surface area contributed by atoms with Gasteiger partial charge in [0.15, 0.2) is 11.0 Å². The Bertz CT molecular complexity index is 566. The van der Waals surface area contributed by atoms with E-state index in [4.69, 9.17) is 0 Å². The fourth-order valence-corrected chi connectivity index (χ4v) is 2.39. The Hall–Kier alpha value is -1.96. The maximum Gasteiger partial charge on any atom is 0.305 e. The summed E-state index contributed by atoms with van der Waals surface area (Å²) in [5.74, 6) is 0.594. The molecule has 0 fully saturated rings. The third-order valence-electron chi connectivity index (χ3n) is 2.64. The molecule has 0 amide bonds. The van der Waals surface area contributed by atoms with E-state index in [0.717, 1.165) is 29.6 Å². The lowest BCUT2D eigenvalue weighted by Crippen LogP contribution is -2.06. The van der Waals surface area contributed by atoms with Crippen molar-refractivity contribution >= 4 is 22.4 Å². The number of carbonyl (C=O) groups excluding carboxylic acids is 1. The number of esters is 1. The van der Waals surface area contributed by atoms with Crippen LogP contribution in [0.3, 0.4) is 0 Å². The van der Waals surface area contributed by atoms with E-state index in [1.165, 1.54) is 18.4 Å². The summed E-state index contributed by atoms with van der Waals surface area (Å²) >= 11 is 1.53. The first-order valence-electron chi connectivity index (χ1n) is 6.27. The summed E-state index contributed by atoms with van der Waals surface area (Å²) in [6.45, 7) is 0.730. The highest BCUT2D eigenvalue weighted by molar-refractivity contribution is 7.13. The van der Waals surface area contributed by atoms with Crippen LogP contribution in [0.1, 0.15) is 17.9 Å². The van der Waals surface area contributed by atoms with Crippen molar-refractivity contribution in [1.29, 1.82) is 0 Å². The van der Waals surface area contributed by atoms with Crippen LogP contribution in [0.15, 0.2) is 11.7 Å². The molecular formula is C12H17N5O2S. The largest absolute Gasteiger partial charge is 0.469 e. The van der Waals surface area contributed by atoms with Gasteiger partial charge in [0.25, 0.3) is 0 Å². The zero-order valence-corrected chi connectivity index (χ0v) is 12.3. The molecular weight excluding hydrogens is 278 g/mol. The molecule has 0 aliphatic carbocycles. The third-order valence-corrected chi connectivity index (χ3v) is 3.49. The zero-order valence-electron chi connectivity index (χ0n) is 11.5. The predicted molar refractivity (Wildman–Crippen MR) is 75.6 cm³/mol. The lowest BCUT2D eigenvalue weighted by atomic mass is 10.2. The Morgan fingerprint density at radius 3 is 3.05 bits per heavy atom. The second-order valence-corrected chi connectivity index (χ2v) is 5.09. The van der Waals surface area contributed by atoms with E-state index in [-0.39, 0.29) is 5.97 Å². The normalized spacial score (nSPS) is 10.5. The SMILES string of the molecule is COC(=O)CCc1csc(NCCc2ncn(C)n2)n1. The number of ether oxygens (including phenoxy) is 1. The number of nitrogens with zero attached hydrogens (tertiary/aromatic N) is 4. The van der Waals surface area contributed by atoms with Gasteiger partial charge in [-0.2, -0.15) is 5.10 Å². The second kappa shape index (κ2) is 6.99. The average Bonchev–Trinajstić information content (AvgIpc) is 3.05. The maximum absolute atomic E-state index is 11.0. The van der Waals surface area contributed by atoms with E-state index in [0.29, 0.717) is 12.8 Å². The van der Waals surface area contributed by atoms with Crippen LogP contribution >= 0.6 is 11.3 Å². The number of hydrogen-bond donors (Lipinski definition) is 1. The summed E-state index contributed by atoms with van der Waals surface area (Å²) in [5, 5.41) is 10.2. The lowest BCUT2D eigenvalue weighted by Gasteiger charge is -1.99. The molecule has 2 aromatic rings. The first-order valence-corrected chi connectivity index (χ1v) is 7.15. The number of aromatic nitrogens is 4. The van der Waals surface area contributed by atoms with Crippen LogP contribution in [-0.4, -0.2) is 39.4 Å². The van der Waals surface area contributed by atoms with Gasteiger partial charge in [0, 0.05) is 31.8 Å². The Kier molecular flexibility index (Phi) is 5.05. The van der Waals surface area contributed by atoms with Crippen LogP contribution in [0, 0.1) is 0 Å². The molecule has 0 aromatic carbocycles. The quantitative estimate of drug-likeness (QED) is 0.768. The molecule has 0 bridgehead atoms. The molecule has 2 heterocycles. The van der Waals surface area contributed by atoms with Gasteiger partial charge in [-0.25, -0.2) is 9.97 Å². The van der Waals surface area contributed by atoms with Crippen LogP contribution < -0.4 is 5.32 Å². The average molecular weight is 295 g/mol. The number of carbonyl (C=O) groups is 1. The first kappa shape index (κ1) is 14.4. The Morgan fingerprint density at radius 2 is 2.35 bits per heavy atom. The first-order chi connectivity index (χ1) is 9.67. The lowest BCUT2D eigenvalue weighted by molar-refractivity contribution is -0.140. The molecule has 0 spiro atoms. The van der Waals surface area contributed by atoms with Gasteiger partial charge in [0.1, 0.15) is 6.33 Å². The number of hydrogen-bond acceptors (Lipinski definition) is 7. The van der Waals surface area contributed by atoms with Gasteiger partial charge in [-0.1, -0.05) is 0 Å². The third kappa shape index (κ3) is 4.30. The van der Waals surface area contributed by atoms with E-state index in [2.05, 4.69) is 25.1 Å². The number of nitrogens with one attached hydrogen (secondary N) is 1. The summed E-state index contributed by atoms with van der Waals surface area (Å²) in [7, 11) is 3.24. The van der Waals surface area contributed by atoms with Gasteiger partial charge in [-0.15, -0.1) is 11.3 Å². The van der Waals surface area contributed by atoms with Gasteiger partial charge in [-0.05, 0) is 0 Å². The van der Waals surface area contributed by atoms with E-state index in [1.807, 2.05) is 12.4 Å². The van der Waals surface area contributed by atoms with Gasteiger partial charge < -0.3 is 10.1 Å². The van der Waals surface area contributed by atoms with E-state index >= 15 is 0 Å². The number of aryl methyl sites for hydroxylation is 2. The van der Waals surface area contributed by atoms with Crippen molar-refractivity contribution in [3.05, 3.63) is 23.2 Å². The molecule has 108 valence electrons. The summed E-state index contributed by atoms with van der Waals surface area (Å²) in [6.07, 6.45) is 3.39. The Labute approximate surface area is 121 Å². The molecule has 2 aromatic heterocycles. The number of anilines is 1. The molecule has 0 saturated heterocycles. The van der Waals surface area contributed by atoms with Crippen LogP contribution in [0.2, 0.25) is 0 Å². The molecule has 0 radical (unpaired) electrons. The molecule has 0 aliphatic heterocycles. The van der Waals surface area contributed by atoms with Crippen LogP contribution in [0.4, 0.5) is 5.13 Å². The molecule has 8 heteroatoms. The fourth-order valence-electron chi connectivity index (χ4n) is 1.61. The van der Waals surface area contributed by atoms with Crippen molar-refractivity contribution in [2.24, 2.45) is 7.05 Å². The van der Waals surface area contributed by atoms with Crippen LogP contribution in [0.5, 0.6) is 0 Å². The zero-order chi connectivity index (χ0) is 14.4.